The highest BCUT2D eigenvalue weighted by atomic mass is 16.5. The van der Waals surface area contributed by atoms with Crippen LogP contribution in [-0.4, -0.2) is 6.61 Å². The molecule has 0 fully saturated rings. The van der Waals surface area contributed by atoms with Crippen molar-refractivity contribution >= 4 is 0 Å². The molecule has 0 N–H and O–H groups in total. The van der Waals surface area contributed by atoms with Gasteiger partial charge in [-0.25, -0.2) is 0 Å². The van der Waals surface area contributed by atoms with Crippen LogP contribution in [0.5, 0.6) is 0 Å². The van der Waals surface area contributed by atoms with Crippen LogP contribution in [0.25, 0.3) is 0 Å². The van der Waals surface area contributed by atoms with E-state index in [-0.39, 0.29) is 6.10 Å². The minimum Gasteiger partial charge on any atom is -0.374 e. The third-order valence-electron chi connectivity index (χ3n) is 2.08. The highest BCUT2D eigenvalue weighted by Crippen LogP contribution is 2.15. The van der Waals surface area contributed by atoms with E-state index in [0.717, 1.165) is 13.0 Å². The van der Waals surface area contributed by atoms with Crippen molar-refractivity contribution in [2.45, 2.75) is 32.8 Å². The zero-order valence-corrected chi connectivity index (χ0v) is 8.42. The van der Waals surface area contributed by atoms with Crippen molar-refractivity contribution in [2.24, 2.45) is 0 Å². The van der Waals surface area contributed by atoms with Crippen LogP contribution in [0.4, 0.5) is 0 Å². The summed E-state index contributed by atoms with van der Waals surface area (Å²) in [6.07, 6.45) is 2.54. The third-order valence-corrected chi connectivity index (χ3v) is 2.08. The predicted octanol–water partition coefficient (Wildman–Crippen LogP) is 3.36. The fraction of sp³-hybridized carbons (Fsp3) is 0.500. The first kappa shape index (κ1) is 10.3. The molecule has 0 aliphatic heterocycles. The lowest BCUT2D eigenvalue weighted by Crippen LogP contribution is -2.00. The number of hydrogen-bond acceptors (Lipinski definition) is 1. The van der Waals surface area contributed by atoms with E-state index in [1.54, 1.807) is 0 Å². The molecule has 1 unspecified atom stereocenters. The van der Waals surface area contributed by atoms with E-state index in [1.807, 2.05) is 12.1 Å². The Hall–Kier alpha value is -0.820. The average Bonchev–Trinajstić information content (AvgIpc) is 2.19. The van der Waals surface area contributed by atoms with E-state index in [2.05, 4.69) is 32.0 Å². The van der Waals surface area contributed by atoms with E-state index in [9.17, 15) is 0 Å². The van der Waals surface area contributed by atoms with Gasteiger partial charge in [-0.05, 0) is 25.0 Å². The van der Waals surface area contributed by atoms with Crippen molar-refractivity contribution in [2.75, 3.05) is 6.61 Å². The van der Waals surface area contributed by atoms with E-state index >= 15 is 0 Å². The molecule has 1 aromatic rings. The van der Waals surface area contributed by atoms with Crippen LogP contribution in [0.2, 0.25) is 0 Å². The Bertz CT molecular complexity index is 218. The van der Waals surface area contributed by atoms with E-state index in [1.165, 1.54) is 12.0 Å². The Morgan fingerprint density at radius 3 is 2.69 bits per heavy atom. The van der Waals surface area contributed by atoms with Crippen molar-refractivity contribution < 1.29 is 4.74 Å². The zero-order valence-electron chi connectivity index (χ0n) is 8.42. The Morgan fingerprint density at radius 1 is 1.38 bits per heavy atom. The highest BCUT2D eigenvalue weighted by molar-refractivity contribution is 5.15. The molecule has 13 heavy (non-hydrogen) atoms. The fourth-order valence-corrected chi connectivity index (χ4v) is 1.17. The molecule has 0 saturated heterocycles. The van der Waals surface area contributed by atoms with Crippen LogP contribution in [0, 0.1) is 6.07 Å². The van der Waals surface area contributed by atoms with Gasteiger partial charge >= 0.3 is 0 Å². The molecule has 1 atom stereocenters. The van der Waals surface area contributed by atoms with Crippen LogP contribution in [0.1, 0.15) is 38.4 Å². The maximum atomic E-state index is 5.65. The van der Waals surface area contributed by atoms with Crippen LogP contribution < -0.4 is 0 Å². The topological polar surface area (TPSA) is 9.23 Å². The molecule has 0 heterocycles. The second-order valence-electron chi connectivity index (χ2n) is 3.20. The van der Waals surface area contributed by atoms with Crippen molar-refractivity contribution in [3.63, 3.8) is 0 Å². The van der Waals surface area contributed by atoms with Gasteiger partial charge in [0.25, 0.3) is 0 Å². The molecule has 71 valence electrons. The van der Waals surface area contributed by atoms with Gasteiger partial charge in [0.05, 0.1) is 6.10 Å². The van der Waals surface area contributed by atoms with Gasteiger partial charge in [-0.2, -0.15) is 0 Å². The lowest BCUT2D eigenvalue weighted by Gasteiger charge is -2.12. The summed E-state index contributed by atoms with van der Waals surface area (Å²) in [5, 5.41) is 0. The molecule has 1 nitrogen and oxygen atoms in total. The molecular weight excluding hydrogens is 160 g/mol. The van der Waals surface area contributed by atoms with Crippen molar-refractivity contribution in [3.8, 4) is 0 Å². The van der Waals surface area contributed by atoms with E-state index in [4.69, 9.17) is 4.74 Å². The third kappa shape index (κ3) is 3.60. The average molecular weight is 177 g/mol. The summed E-state index contributed by atoms with van der Waals surface area (Å²) in [6, 6.07) is 11.0. The normalized spacial score (nSPS) is 12.8. The Balaban J connectivity index is 2.35. The van der Waals surface area contributed by atoms with Gasteiger partial charge in [0.15, 0.2) is 0 Å². The van der Waals surface area contributed by atoms with Gasteiger partial charge in [-0.1, -0.05) is 37.6 Å². The quantitative estimate of drug-likeness (QED) is 0.626. The summed E-state index contributed by atoms with van der Waals surface area (Å²) in [5.41, 5.74) is 1.23. The fourth-order valence-electron chi connectivity index (χ4n) is 1.17. The molecule has 0 amide bonds. The standard InChI is InChI=1S/C12H17O/c1-3-4-10-13-11(2)12-8-6-5-7-9-12/h6-9,11H,3-4,10H2,1-2H3. The van der Waals surface area contributed by atoms with Crippen molar-refractivity contribution in [1.82, 2.24) is 0 Å². The number of rotatable bonds is 5. The minimum absolute atomic E-state index is 0.209. The lowest BCUT2D eigenvalue weighted by molar-refractivity contribution is 0.0637. The predicted molar refractivity (Wildman–Crippen MR) is 54.6 cm³/mol. The first-order valence-electron chi connectivity index (χ1n) is 4.92. The molecule has 0 bridgehead atoms. The molecular formula is C12H17O. The maximum absolute atomic E-state index is 5.65. The SMILES string of the molecule is CCCCOC(C)c1cc[c]cc1. The second-order valence-corrected chi connectivity index (χ2v) is 3.20. The maximum Gasteiger partial charge on any atom is 0.0796 e. The van der Waals surface area contributed by atoms with Crippen LogP contribution >= 0.6 is 0 Å². The summed E-state index contributed by atoms with van der Waals surface area (Å²) in [4.78, 5) is 0. The zero-order chi connectivity index (χ0) is 9.52. The molecule has 1 heteroatoms. The highest BCUT2D eigenvalue weighted by Gasteiger charge is 2.03. The monoisotopic (exact) mass is 177 g/mol. The Kier molecular flexibility index (Phi) is 4.55. The summed E-state index contributed by atoms with van der Waals surface area (Å²) in [5.74, 6) is 0. The minimum atomic E-state index is 0.209. The number of unbranched alkanes of at least 4 members (excludes halogenated alkanes) is 1. The number of ether oxygens (including phenoxy) is 1. The smallest absolute Gasteiger partial charge is 0.0796 e. The largest absolute Gasteiger partial charge is 0.374 e. The molecule has 0 aliphatic rings. The van der Waals surface area contributed by atoms with Crippen LogP contribution in [0.15, 0.2) is 24.3 Å². The van der Waals surface area contributed by atoms with Crippen molar-refractivity contribution in [3.05, 3.63) is 35.9 Å². The van der Waals surface area contributed by atoms with Gasteiger partial charge in [-0.3, -0.25) is 0 Å². The van der Waals surface area contributed by atoms with Gasteiger partial charge in [0.2, 0.25) is 0 Å². The molecule has 0 saturated carbocycles. The molecule has 1 aromatic carbocycles. The molecule has 0 aromatic heterocycles. The second kappa shape index (κ2) is 5.76. The van der Waals surface area contributed by atoms with Crippen LogP contribution in [0.3, 0.4) is 0 Å². The van der Waals surface area contributed by atoms with Gasteiger partial charge < -0.3 is 4.74 Å². The van der Waals surface area contributed by atoms with E-state index < -0.39 is 0 Å². The molecule has 1 radical (unpaired) electrons. The van der Waals surface area contributed by atoms with Gasteiger partial charge in [-0.15, -0.1) is 0 Å². The molecule has 1 rings (SSSR count). The number of hydrogen-bond donors (Lipinski definition) is 0. The lowest BCUT2D eigenvalue weighted by atomic mass is 10.1. The molecule has 0 aliphatic carbocycles. The number of benzene rings is 1. The summed E-state index contributed by atoms with van der Waals surface area (Å²) in [6.45, 7) is 5.12. The summed E-state index contributed by atoms with van der Waals surface area (Å²) < 4.78 is 5.65. The Morgan fingerprint density at radius 2 is 2.08 bits per heavy atom. The first-order chi connectivity index (χ1) is 6.34. The van der Waals surface area contributed by atoms with Crippen LogP contribution in [-0.2, 0) is 4.74 Å². The van der Waals surface area contributed by atoms with Gasteiger partial charge in [0, 0.05) is 6.61 Å². The first-order valence-corrected chi connectivity index (χ1v) is 4.92. The molecule has 0 spiro atoms. The Labute approximate surface area is 80.7 Å². The summed E-state index contributed by atoms with van der Waals surface area (Å²) >= 11 is 0. The van der Waals surface area contributed by atoms with E-state index in [0.29, 0.717) is 0 Å². The van der Waals surface area contributed by atoms with Gasteiger partial charge in [0.1, 0.15) is 0 Å². The van der Waals surface area contributed by atoms with Crippen molar-refractivity contribution in [1.29, 1.82) is 0 Å². The summed E-state index contributed by atoms with van der Waals surface area (Å²) in [7, 11) is 0.